The largest absolute Gasteiger partial charge is 0.418 e. The van der Waals surface area contributed by atoms with Crippen LogP contribution < -0.4 is 15.5 Å². The number of nitrogens with zero attached hydrogens (tertiary/aromatic N) is 2. The SMILES string of the molecule is C[C@@H]1CN(c2ccc(C(F)(F)F)c3ncccc23)C[C@H](C(=O)NCC2CNCC2F)O1. The van der Waals surface area contributed by atoms with Crippen LogP contribution in [0.5, 0.6) is 0 Å². The van der Waals surface area contributed by atoms with Gasteiger partial charge in [-0.05, 0) is 31.2 Å². The van der Waals surface area contributed by atoms with Gasteiger partial charge in [-0.25, -0.2) is 4.39 Å². The number of alkyl halides is 4. The smallest absolute Gasteiger partial charge is 0.365 e. The van der Waals surface area contributed by atoms with Crippen molar-refractivity contribution in [3.63, 3.8) is 0 Å². The molecule has 2 saturated heterocycles. The molecule has 0 spiro atoms. The fourth-order valence-electron chi connectivity index (χ4n) is 4.20. The first-order chi connectivity index (χ1) is 14.7. The summed E-state index contributed by atoms with van der Waals surface area (Å²) in [7, 11) is 0. The molecule has 2 aromatic rings. The third kappa shape index (κ3) is 4.59. The van der Waals surface area contributed by atoms with Crippen molar-refractivity contribution in [2.24, 2.45) is 5.92 Å². The molecule has 3 heterocycles. The summed E-state index contributed by atoms with van der Waals surface area (Å²) in [6.45, 7) is 3.37. The lowest BCUT2D eigenvalue weighted by Gasteiger charge is -2.38. The number of halogens is 4. The summed E-state index contributed by atoms with van der Waals surface area (Å²) in [6.07, 6.45) is -5.33. The van der Waals surface area contributed by atoms with E-state index in [9.17, 15) is 22.4 Å². The summed E-state index contributed by atoms with van der Waals surface area (Å²) in [5, 5.41) is 6.06. The van der Waals surface area contributed by atoms with Gasteiger partial charge >= 0.3 is 6.18 Å². The third-order valence-corrected chi connectivity index (χ3v) is 5.74. The molecule has 4 rings (SSSR count). The normalized spacial score (nSPS) is 26.9. The van der Waals surface area contributed by atoms with E-state index in [0.717, 1.165) is 6.07 Å². The van der Waals surface area contributed by atoms with Gasteiger partial charge < -0.3 is 20.3 Å². The summed E-state index contributed by atoms with van der Waals surface area (Å²) in [5.41, 5.74) is -0.364. The topological polar surface area (TPSA) is 66.5 Å². The van der Waals surface area contributed by atoms with Gasteiger partial charge in [-0.15, -0.1) is 0 Å². The van der Waals surface area contributed by atoms with Crippen molar-refractivity contribution in [3.8, 4) is 0 Å². The minimum absolute atomic E-state index is 0.129. The second-order valence-electron chi connectivity index (χ2n) is 8.05. The Morgan fingerprint density at radius 3 is 2.81 bits per heavy atom. The highest BCUT2D eigenvalue weighted by atomic mass is 19.4. The van der Waals surface area contributed by atoms with Crippen molar-refractivity contribution in [3.05, 3.63) is 36.0 Å². The van der Waals surface area contributed by atoms with E-state index in [1.165, 1.54) is 12.3 Å². The zero-order valence-corrected chi connectivity index (χ0v) is 17.0. The van der Waals surface area contributed by atoms with Crippen molar-refractivity contribution < 1.29 is 27.1 Å². The standard InChI is InChI=1S/C21H24F4N4O2/c1-12-10-29(11-18(31-12)20(30)28-8-13-7-26-9-16(13)22)17-5-4-15(21(23,24)25)19-14(17)3-2-6-27-19/h2-6,12-13,16,18,26H,7-11H2,1H3,(H,28,30)/t12-,13?,16?,18-/m1/s1. The molecule has 1 amide bonds. The van der Waals surface area contributed by atoms with Crippen LogP contribution in [-0.4, -0.2) is 62.0 Å². The summed E-state index contributed by atoms with van der Waals surface area (Å²) < 4.78 is 59.7. The van der Waals surface area contributed by atoms with Crippen LogP contribution in [0.3, 0.4) is 0 Å². The first kappa shape index (κ1) is 21.8. The minimum Gasteiger partial charge on any atom is -0.365 e. The Morgan fingerprint density at radius 1 is 1.29 bits per heavy atom. The van der Waals surface area contributed by atoms with Crippen LogP contribution in [0.4, 0.5) is 23.2 Å². The quantitative estimate of drug-likeness (QED) is 0.716. The van der Waals surface area contributed by atoms with Gasteiger partial charge in [0.25, 0.3) is 5.91 Å². The van der Waals surface area contributed by atoms with E-state index in [0.29, 0.717) is 24.2 Å². The van der Waals surface area contributed by atoms with Crippen LogP contribution >= 0.6 is 0 Å². The number of benzene rings is 1. The summed E-state index contributed by atoms with van der Waals surface area (Å²) in [5.74, 6) is -0.643. The van der Waals surface area contributed by atoms with Crippen molar-refractivity contribution in [1.29, 1.82) is 0 Å². The second kappa shape index (κ2) is 8.58. The van der Waals surface area contributed by atoms with E-state index in [-0.39, 0.29) is 43.1 Å². The van der Waals surface area contributed by atoms with Gasteiger partial charge in [0.05, 0.1) is 23.7 Å². The van der Waals surface area contributed by atoms with E-state index in [1.54, 1.807) is 19.1 Å². The Labute approximate surface area is 176 Å². The van der Waals surface area contributed by atoms with Gasteiger partial charge in [-0.1, -0.05) is 0 Å². The molecule has 0 saturated carbocycles. The highest BCUT2D eigenvalue weighted by molar-refractivity contribution is 5.94. The van der Waals surface area contributed by atoms with Gasteiger partial charge in [0.2, 0.25) is 0 Å². The number of ether oxygens (including phenoxy) is 1. The van der Waals surface area contributed by atoms with E-state index >= 15 is 0 Å². The number of hydrogen-bond donors (Lipinski definition) is 2. The maximum absolute atomic E-state index is 13.8. The number of amides is 1. The first-order valence-corrected chi connectivity index (χ1v) is 10.2. The number of carbonyl (C=O) groups is 1. The zero-order chi connectivity index (χ0) is 22.2. The number of rotatable bonds is 4. The van der Waals surface area contributed by atoms with E-state index in [4.69, 9.17) is 4.74 Å². The molecule has 2 fully saturated rings. The predicted molar refractivity (Wildman–Crippen MR) is 108 cm³/mol. The highest BCUT2D eigenvalue weighted by Crippen LogP contribution is 2.38. The summed E-state index contributed by atoms with van der Waals surface area (Å²) in [4.78, 5) is 18.5. The van der Waals surface area contributed by atoms with E-state index < -0.39 is 24.0 Å². The predicted octanol–water partition coefficient (Wildman–Crippen LogP) is 2.52. The number of fused-ring (bicyclic) bond motifs is 1. The fraction of sp³-hybridized carbons (Fsp3) is 0.524. The number of pyridine rings is 1. The van der Waals surface area contributed by atoms with Crippen molar-refractivity contribution in [1.82, 2.24) is 15.6 Å². The lowest BCUT2D eigenvalue weighted by molar-refractivity contribution is -0.137. The molecular formula is C21H24F4N4O2. The molecule has 2 N–H and O–H groups in total. The molecule has 31 heavy (non-hydrogen) atoms. The van der Waals surface area contributed by atoms with Crippen molar-refractivity contribution in [2.75, 3.05) is 37.6 Å². The molecule has 4 atom stereocenters. The molecular weight excluding hydrogens is 416 g/mol. The second-order valence-corrected chi connectivity index (χ2v) is 8.05. The van der Waals surface area contributed by atoms with Crippen LogP contribution in [0.25, 0.3) is 10.9 Å². The number of anilines is 1. The lowest BCUT2D eigenvalue weighted by atomic mass is 10.0. The average Bonchev–Trinajstić information content (AvgIpc) is 3.14. The molecule has 0 radical (unpaired) electrons. The Balaban J connectivity index is 1.54. The maximum atomic E-state index is 13.8. The molecule has 0 aliphatic carbocycles. The molecule has 2 aliphatic rings. The lowest BCUT2D eigenvalue weighted by Crippen LogP contribution is -2.53. The summed E-state index contributed by atoms with van der Waals surface area (Å²) in [6, 6.07) is 5.62. The monoisotopic (exact) mass is 440 g/mol. The van der Waals surface area contributed by atoms with E-state index in [1.807, 2.05) is 4.90 Å². The van der Waals surface area contributed by atoms with Gasteiger partial charge in [-0.2, -0.15) is 13.2 Å². The van der Waals surface area contributed by atoms with Crippen LogP contribution in [0.2, 0.25) is 0 Å². The first-order valence-electron chi connectivity index (χ1n) is 10.2. The van der Waals surface area contributed by atoms with E-state index in [2.05, 4.69) is 15.6 Å². The van der Waals surface area contributed by atoms with Crippen LogP contribution in [0, 0.1) is 5.92 Å². The summed E-state index contributed by atoms with van der Waals surface area (Å²) >= 11 is 0. The number of nitrogens with one attached hydrogen (secondary N) is 2. The number of aromatic nitrogens is 1. The average molecular weight is 440 g/mol. The molecule has 6 nitrogen and oxygen atoms in total. The molecule has 168 valence electrons. The Morgan fingerprint density at radius 2 is 2.10 bits per heavy atom. The zero-order valence-electron chi connectivity index (χ0n) is 17.0. The van der Waals surface area contributed by atoms with Crippen molar-refractivity contribution >= 4 is 22.5 Å². The van der Waals surface area contributed by atoms with Crippen LogP contribution in [0.1, 0.15) is 12.5 Å². The van der Waals surface area contributed by atoms with Gasteiger partial charge in [0.1, 0.15) is 6.17 Å². The number of carbonyl (C=O) groups excluding carboxylic acids is 1. The molecule has 2 unspecified atom stereocenters. The van der Waals surface area contributed by atoms with Crippen LogP contribution in [0.15, 0.2) is 30.5 Å². The molecule has 10 heteroatoms. The Bertz CT molecular complexity index is 955. The number of hydrogen-bond acceptors (Lipinski definition) is 5. The van der Waals surface area contributed by atoms with Crippen LogP contribution in [-0.2, 0) is 15.7 Å². The highest BCUT2D eigenvalue weighted by Gasteiger charge is 2.36. The fourth-order valence-corrected chi connectivity index (χ4v) is 4.20. The van der Waals surface area contributed by atoms with Gasteiger partial charge in [-0.3, -0.25) is 9.78 Å². The maximum Gasteiger partial charge on any atom is 0.418 e. The van der Waals surface area contributed by atoms with Gasteiger partial charge in [0.15, 0.2) is 6.10 Å². The minimum atomic E-state index is -4.52. The number of morpholine rings is 1. The molecule has 2 aliphatic heterocycles. The molecule has 0 bridgehead atoms. The van der Waals surface area contributed by atoms with Crippen molar-refractivity contribution in [2.45, 2.75) is 31.5 Å². The molecule has 1 aromatic carbocycles. The Kier molecular flexibility index (Phi) is 6.02. The third-order valence-electron chi connectivity index (χ3n) is 5.74. The Hall–Kier alpha value is -2.46. The van der Waals surface area contributed by atoms with Gasteiger partial charge in [0, 0.05) is 49.4 Å². The molecule has 1 aromatic heterocycles.